The molecular formula is C14H19Br2N3O4. The van der Waals surface area contributed by atoms with Gasteiger partial charge in [-0.15, -0.1) is 0 Å². The van der Waals surface area contributed by atoms with Crippen LogP contribution < -0.4 is 4.90 Å². The number of halogens is 2. The van der Waals surface area contributed by atoms with Gasteiger partial charge in [0, 0.05) is 0 Å². The van der Waals surface area contributed by atoms with Crippen LogP contribution in [0.2, 0.25) is 0 Å². The minimum Gasteiger partial charge on any atom is -0.443 e. The molecular weight excluding hydrogens is 434 g/mol. The number of aromatic nitrogens is 2. The average molecular weight is 453 g/mol. The van der Waals surface area contributed by atoms with Crippen LogP contribution in [0.4, 0.5) is 15.4 Å². The highest BCUT2D eigenvalue weighted by atomic mass is 79.9. The number of hydrogen-bond donors (Lipinski definition) is 0. The van der Waals surface area contributed by atoms with Crippen molar-refractivity contribution in [3.63, 3.8) is 0 Å². The third-order valence-electron chi connectivity index (χ3n) is 2.05. The van der Waals surface area contributed by atoms with Crippen molar-refractivity contribution >= 4 is 49.9 Å². The predicted octanol–water partition coefficient (Wildman–Crippen LogP) is 4.68. The minimum atomic E-state index is -0.899. The Morgan fingerprint density at radius 1 is 1.00 bits per heavy atom. The normalized spacial score (nSPS) is 11.8. The van der Waals surface area contributed by atoms with Crippen molar-refractivity contribution in [1.82, 2.24) is 9.97 Å². The average Bonchev–Trinajstić information content (AvgIpc) is 2.27. The first-order valence-electron chi connectivity index (χ1n) is 6.74. The number of hydrogen-bond acceptors (Lipinski definition) is 6. The summed E-state index contributed by atoms with van der Waals surface area (Å²) in [6.45, 7) is 10.2. The zero-order chi connectivity index (χ0) is 18.0. The number of carbonyl (C=O) groups is 2. The van der Waals surface area contributed by atoms with E-state index in [1.807, 2.05) is 0 Å². The summed E-state index contributed by atoms with van der Waals surface area (Å²) in [5.74, 6) is -0.0169. The maximum atomic E-state index is 12.4. The third-order valence-corrected chi connectivity index (χ3v) is 2.96. The second kappa shape index (κ2) is 7.12. The van der Waals surface area contributed by atoms with Crippen LogP contribution in [0.25, 0.3) is 0 Å². The molecule has 0 N–H and O–H groups in total. The Balaban J connectivity index is 3.25. The fourth-order valence-electron chi connectivity index (χ4n) is 1.35. The summed E-state index contributed by atoms with van der Waals surface area (Å²) >= 11 is 6.35. The van der Waals surface area contributed by atoms with Crippen LogP contribution in [0.15, 0.2) is 15.4 Å². The second-order valence-corrected chi connectivity index (χ2v) is 8.17. The monoisotopic (exact) mass is 451 g/mol. The summed E-state index contributed by atoms with van der Waals surface area (Å²) in [6, 6.07) is 0. The van der Waals surface area contributed by atoms with E-state index in [1.54, 1.807) is 41.5 Å². The highest BCUT2D eigenvalue weighted by molar-refractivity contribution is 9.11. The number of nitrogens with zero attached hydrogens (tertiary/aromatic N) is 3. The van der Waals surface area contributed by atoms with Crippen LogP contribution in [-0.2, 0) is 9.47 Å². The molecule has 0 aliphatic rings. The molecule has 1 heterocycles. The van der Waals surface area contributed by atoms with Gasteiger partial charge < -0.3 is 9.47 Å². The lowest BCUT2D eigenvalue weighted by atomic mass is 10.2. The molecule has 128 valence electrons. The molecule has 0 atom stereocenters. The predicted molar refractivity (Wildman–Crippen MR) is 92.4 cm³/mol. The molecule has 1 aromatic heterocycles. The van der Waals surface area contributed by atoms with Gasteiger partial charge in [0.15, 0.2) is 10.4 Å². The van der Waals surface area contributed by atoms with Gasteiger partial charge in [0.25, 0.3) is 0 Å². The maximum Gasteiger partial charge on any atom is 0.425 e. The summed E-state index contributed by atoms with van der Waals surface area (Å²) in [7, 11) is 0. The van der Waals surface area contributed by atoms with Crippen molar-refractivity contribution in [2.45, 2.75) is 52.7 Å². The quantitative estimate of drug-likeness (QED) is 0.615. The van der Waals surface area contributed by atoms with Gasteiger partial charge in [0.05, 0.1) is 6.20 Å². The first-order chi connectivity index (χ1) is 10.3. The number of amides is 2. The van der Waals surface area contributed by atoms with Gasteiger partial charge in [0.2, 0.25) is 0 Å². The van der Waals surface area contributed by atoms with Crippen LogP contribution in [0.5, 0.6) is 0 Å². The van der Waals surface area contributed by atoms with Crippen molar-refractivity contribution in [1.29, 1.82) is 0 Å². The standard InChI is InChI=1S/C14H19Br2N3O4/c1-13(2,3)22-11(20)19(12(21)23-14(4,5)6)10-9(16)18-8(15)7-17-10/h7H,1-6H3. The van der Waals surface area contributed by atoms with E-state index >= 15 is 0 Å². The van der Waals surface area contributed by atoms with Gasteiger partial charge >= 0.3 is 12.2 Å². The number of ether oxygens (including phenoxy) is 2. The van der Waals surface area contributed by atoms with E-state index in [4.69, 9.17) is 9.47 Å². The van der Waals surface area contributed by atoms with Gasteiger partial charge in [-0.25, -0.2) is 19.6 Å². The van der Waals surface area contributed by atoms with Crippen molar-refractivity contribution in [3.8, 4) is 0 Å². The Morgan fingerprint density at radius 2 is 1.43 bits per heavy atom. The highest BCUT2D eigenvalue weighted by Gasteiger charge is 2.35. The molecule has 7 nitrogen and oxygen atoms in total. The Labute approximate surface area is 152 Å². The Hall–Kier alpha value is -1.22. The van der Waals surface area contributed by atoms with Gasteiger partial charge in [-0.05, 0) is 73.4 Å². The van der Waals surface area contributed by atoms with Crippen molar-refractivity contribution in [3.05, 3.63) is 15.4 Å². The van der Waals surface area contributed by atoms with Crippen molar-refractivity contribution in [2.24, 2.45) is 0 Å². The molecule has 2 amide bonds. The molecule has 0 bridgehead atoms. The molecule has 0 aliphatic carbocycles. The molecule has 9 heteroatoms. The number of anilines is 1. The summed E-state index contributed by atoms with van der Waals surface area (Å²) < 4.78 is 11.2. The molecule has 0 aromatic carbocycles. The Bertz CT molecular complexity index is 581. The number of carbonyl (C=O) groups excluding carboxylic acids is 2. The van der Waals surface area contributed by atoms with Crippen LogP contribution in [0.3, 0.4) is 0 Å². The second-order valence-electron chi connectivity index (χ2n) is 6.60. The van der Waals surface area contributed by atoms with E-state index in [1.165, 1.54) is 6.20 Å². The van der Waals surface area contributed by atoms with Gasteiger partial charge in [-0.3, -0.25) is 0 Å². The molecule has 0 radical (unpaired) electrons. The lowest BCUT2D eigenvalue weighted by molar-refractivity contribution is 0.0428. The molecule has 0 unspecified atom stereocenters. The first-order valence-corrected chi connectivity index (χ1v) is 8.33. The molecule has 1 rings (SSSR count). The fourth-order valence-corrected chi connectivity index (χ4v) is 2.34. The number of rotatable bonds is 1. The minimum absolute atomic E-state index is 0.0169. The van der Waals surface area contributed by atoms with Crippen molar-refractivity contribution in [2.75, 3.05) is 4.90 Å². The summed E-state index contributed by atoms with van der Waals surface area (Å²) in [5.41, 5.74) is -1.57. The fraction of sp³-hybridized carbons (Fsp3) is 0.571. The van der Waals surface area contributed by atoms with Gasteiger partial charge in [-0.2, -0.15) is 4.90 Å². The molecule has 0 aliphatic heterocycles. The highest BCUT2D eigenvalue weighted by Crippen LogP contribution is 2.27. The summed E-state index contributed by atoms with van der Waals surface area (Å²) in [4.78, 5) is 33.7. The van der Waals surface area contributed by atoms with E-state index < -0.39 is 23.4 Å². The van der Waals surface area contributed by atoms with Crippen molar-refractivity contribution < 1.29 is 19.1 Å². The lowest BCUT2D eigenvalue weighted by Crippen LogP contribution is -2.44. The van der Waals surface area contributed by atoms with E-state index in [9.17, 15) is 9.59 Å². The molecule has 0 saturated carbocycles. The third kappa shape index (κ3) is 6.42. The lowest BCUT2D eigenvalue weighted by Gasteiger charge is -2.28. The zero-order valence-corrected chi connectivity index (χ0v) is 17.0. The molecule has 1 aromatic rings. The van der Waals surface area contributed by atoms with Crippen LogP contribution in [-0.4, -0.2) is 33.4 Å². The topological polar surface area (TPSA) is 81.6 Å². The molecule has 0 spiro atoms. The van der Waals surface area contributed by atoms with Crippen LogP contribution >= 0.6 is 31.9 Å². The Morgan fingerprint density at radius 3 is 1.78 bits per heavy atom. The Kier molecular flexibility index (Phi) is 6.14. The molecule has 23 heavy (non-hydrogen) atoms. The smallest absolute Gasteiger partial charge is 0.425 e. The molecule has 0 saturated heterocycles. The first kappa shape index (κ1) is 19.8. The number of imide groups is 1. The largest absolute Gasteiger partial charge is 0.443 e. The van der Waals surface area contributed by atoms with Crippen LogP contribution in [0.1, 0.15) is 41.5 Å². The van der Waals surface area contributed by atoms with Crippen LogP contribution in [0, 0.1) is 0 Å². The van der Waals surface area contributed by atoms with E-state index in [0.29, 0.717) is 9.50 Å². The summed E-state index contributed by atoms with van der Waals surface area (Å²) in [5, 5.41) is 0. The molecule has 0 fully saturated rings. The van der Waals surface area contributed by atoms with E-state index in [-0.39, 0.29) is 10.4 Å². The zero-order valence-electron chi connectivity index (χ0n) is 13.8. The van der Waals surface area contributed by atoms with Gasteiger partial charge in [-0.1, -0.05) is 0 Å². The van der Waals surface area contributed by atoms with Gasteiger partial charge in [0.1, 0.15) is 15.8 Å². The van der Waals surface area contributed by atoms with E-state index in [2.05, 4.69) is 41.8 Å². The SMILES string of the molecule is CC(C)(C)OC(=O)N(C(=O)OC(C)(C)C)c1ncc(Br)nc1Br. The summed E-state index contributed by atoms with van der Waals surface area (Å²) in [6.07, 6.45) is -0.435. The van der Waals surface area contributed by atoms with E-state index in [0.717, 1.165) is 0 Å². The maximum absolute atomic E-state index is 12.4.